The average Bonchev–Trinajstić information content (AvgIpc) is 2.45. The highest BCUT2D eigenvalue weighted by molar-refractivity contribution is 6.16. The second-order valence-corrected chi connectivity index (χ2v) is 3.83. The van der Waals surface area contributed by atoms with E-state index in [2.05, 4.69) is 4.90 Å². The van der Waals surface area contributed by atoms with Gasteiger partial charge in [0.2, 0.25) is 13.9 Å². The highest BCUT2D eigenvalue weighted by Gasteiger charge is 2.47. The molecule has 4 nitrogen and oxygen atoms in total. The van der Waals surface area contributed by atoms with Gasteiger partial charge in [0.1, 0.15) is 0 Å². The van der Waals surface area contributed by atoms with E-state index < -0.39 is 5.60 Å². The highest BCUT2D eigenvalue weighted by Crippen LogP contribution is 2.28. The number of likely N-dealkylation sites (N-methyl/N-ethyl adjacent to an activating group) is 1. The van der Waals surface area contributed by atoms with Crippen LogP contribution < -0.4 is 0 Å². The van der Waals surface area contributed by atoms with Crippen molar-refractivity contribution >= 4 is 13.9 Å². The second kappa shape index (κ2) is 2.99. The van der Waals surface area contributed by atoms with E-state index in [0.29, 0.717) is 19.7 Å². The van der Waals surface area contributed by atoms with Crippen molar-refractivity contribution in [2.75, 3.05) is 33.3 Å². The van der Waals surface area contributed by atoms with Crippen molar-refractivity contribution in [2.45, 2.75) is 12.0 Å². The van der Waals surface area contributed by atoms with Crippen LogP contribution in [0.15, 0.2) is 0 Å². The number of rotatable bonds is 0. The summed E-state index contributed by atoms with van der Waals surface area (Å²) in [5.74, 6) is -0.0666. The Bertz CT molecular complexity index is 232. The molecule has 0 aromatic heterocycles. The van der Waals surface area contributed by atoms with E-state index >= 15 is 0 Å². The SMILES string of the molecule is [B]N1CCOC2(CCN(C)C2)C1=O. The zero-order valence-electron chi connectivity index (χ0n) is 7.82. The monoisotopic (exact) mass is 180 g/mol. The number of hydrogen-bond donors (Lipinski definition) is 0. The minimum Gasteiger partial charge on any atom is -0.392 e. The molecule has 0 N–H and O–H groups in total. The van der Waals surface area contributed by atoms with Crippen molar-refractivity contribution in [1.29, 1.82) is 0 Å². The van der Waals surface area contributed by atoms with E-state index in [9.17, 15) is 4.79 Å². The van der Waals surface area contributed by atoms with Crippen LogP contribution in [0.2, 0.25) is 0 Å². The van der Waals surface area contributed by atoms with Gasteiger partial charge in [0.15, 0.2) is 5.60 Å². The van der Waals surface area contributed by atoms with Crippen molar-refractivity contribution in [2.24, 2.45) is 0 Å². The number of nitrogens with zero attached hydrogens (tertiary/aromatic N) is 2. The molecule has 1 atom stereocenters. The van der Waals surface area contributed by atoms with Gasteiger partial charge in [-0.1, -0.05) is 0 Å². The normalized spacial score (nSPS) is 36.1. The van der Waals surface area contributed by atoms with Crippen LogP contribution in [-0.2, 0) is 9.53 Å². The van der Waals surface area contributed by atoms with Crippen LogP contribution in [0.5, 0.6) is 0 Å². The molecular formula is C8H13BN2O2. The molecule has 70 valence electrons. The minimum atomic E-state index is -0.637. The minimum absolute atomic E-state index is 0.0666. The molecule has 2 fully saturated rings. The van der Waals surface area contributed by atoms with Crippen molar-refractivity contribution in [3.63, 3.8) is 0 Å². The molecule has 1 spiro atoms. The van der Waals surface area contributed by atoms with Gasteiger partial charge in [-0.05, 0) is 13.5 Å². The van der Waals surface area contributed by atoms with Gasteiger partial charge in [0, 0.05) is 19.6 Å². The summed E-state index contributed by atoms with van der Waals surface area (Å²) in [5, 5.41) is 0. The van der Waals surface area contributed by atoms with Crippen LogP contribution in [-0.4, -0.2) is 62.5 Å². The highest BCUT2D eigenvalue weighted by atomic mass is 16.5. The fourth-order valence-corrected chi connectivity index (χ4v) is 2.02. The molecule has 13 heavy (non-hydrogen) atoms. The lowest BCUT2D eigenvalue weighted by molar-refractivity contribution is -0.161. The second-order valence-electron chi connectivity index (χ2n) is 3.83. The number of likely N-dealkylation sites (tertiary alicyclic amines) is 1. The lowest BCUT2D eigenvalue weighted by Gasteiger charge is -2.37. The lowest BCUT2D eigenvalue weighted by atomic mass is 9.97. The first-order valence-electron chi connectivity index (χ1n) is 4.53. The number of amides is 1. The van der Waals surface area contributed by atoms with Gasteiger partial charge in [-0.15, -0.1) is 0 Å². The zero-order valence-corrected chi connectivity index (χ0v) is 7.82. The topological polar surface area (TPSA) is 32.8 Å². The standard InChI is InChI=1S/C8H13BN2O2/c1-10-3-2-8(6-10)7(12)11(9)4-5-13-8/h2-6H2,1H3. The summed E-state index contributed by atoms with van der Waals surface area (Å²) in [6, 6.07) is 0. The Morgan fingerprint density at radius 3 is 2.92 bits per heavy atom. The number of carbonyl (C=O) groups excluding carboxylic acids is 1. The summed E-state index contributed by atoms with van der Waals surface area (Å²) in [6.07, 6.45) is 0.760. The fourth-order valence-electron chi connectivity index (χ4n) is 2.02. The first-order chi connectivity index (χ1) is 6.14. The van der Waals surface area contributed by atoms with Crippen LogP contribution in [0.25, 0.3) is 0 Å². The third kappa shape index (κ3) is 1.36. The largest absolute Gasteiger partial charge is 0.392 e. The lowest BCUT2D eigenvalue weighted by Crippen LogP contribution is -2.56. The van der Waals surface area contributed by atoms with Gasteiger partial charge in [-0.3, -0.25) is 4.79 Å². The Morgan fingerprint density at radius 1 is 1.54 bits per heavy atom. The summed E-state index contributed by atoms with van der Waals surface area (Å²) < 4.78 is 5.57. The molecule has 2 aliphatic rings. The maximum absolute atomic E-state index is 11.7. The maximum Gasteiger partial charge on any atom is 0.243 e. The molecule has 1 amide bonds. The summed E-state index contributed by atoms with van der Waals surface area (Å²) in [7, 11) is 7.55. The van der Waals surface area contributed by atoms with Gasteiger partial charge < -0.3 is 14.4 Å². The summed E-state index contributed by atoms with van der Waals surface area (Å²) in [5.41, 5.74) is -0.637. The third-order valence-corrected chi connectivity index (χ3v) is 2.78. The van der Waals surface area contributed by atoms with Crippen molar-refractivity contribution in [1.82, 2.24) is 9.71 Å². The first kappa shape index (κ1) is 9.03. The first-order valence-corrected chi connectivity index (χ1v) is 4.53. The molecular weight excluding hydrogens is 167 g/mol. The molecule has 0 saturated carbocycles. The Balaban J connectivity index is 2.16. The molecule has 5 heteroatoms. The third-order valence-electron chi connectivity index (χ3n) is 2.78. The van der Waals surface area contributed by atoms with Crippen molar-refractivity contribution in [3.05, 3.63) is 0 Å². The smallest absolute Gasteiger partial charge is 0.243 e. The van der Waals surface area contributed by atoms with Crippen molar-refractivity contribution in [3.8, 4) is 0 Å². The van der Waals surface area contributed by atoms with Crippen LogP contribution >= 0.6 is 0 Å². The molecule has 2 heterocycles. The Hall–Kier alpha value is -0.545. The van der Waals surface area contributed by atoms with Gasteiger partial charge in [0.25, 0.3) is 0 Å². The van der Waals surface area contributed by atoms with E-state index in [1.165, 1.54) is 4.81 Å². The summed E-state index contributed by atoms with van der Waals surface area (Å²) >= 11 is 0. The number of morpholine rings is 1. The van der Waals surface area contributed by atoms with E-state index in [1.807, 2.05) is 7.05 Å². The predicted molar refractivity (Wildman–Crippen MR) is 48.3 cm³/mol. The van der Waals surface area contributed by atoms with Crippen LogP contribution in [0.4, 0.5) is 0 Å². The summed E-state index contributed by atoms with van der Waals surface area (Å²) in [4.78, 5) is 15.1. The van der Waals surface area contributed by atoms with E-state index in [0.717, 1.165) is 13.0 Å². The van der Waals surface area contributed by atoms with E-state index in [1.54, 1.807) is 0 Å². The fraction of sp³-hybridized carbons (Fsp3) is 0.875. The zero-order chi connectivity index (χ0) is 9.47. The molecule has 1 unspecified atom stereocenters. The molecule has 0 aromatic rings. The summed E-state index contributed by atoms with van der Waals surface area (Å²) in [6.45, 7) is 2.62. The van der Waals surface area contributed by atoms with Gasteiger partial charge in [-0.2, -0.15) is 0 Å². The quantitative estimate of drug-likeness (QED) is 0.448. The van der Waals surface area contributed by atoms with Crippen molar-refractivity contribution < 1.29 is 9.53 Å². The molecule has 0 bridgehead atoms. The van der Waals surface area contributed by atoms with E-state index in [-0.39, 0.29) is 5.91 Å². The molecule has 2 saturated heterocycles. The number of ether oxygens (including phenoxy) is 1. The molecule has 0 aromatic carbocycles. The Labute approximate surface area is 79.3 Å². The van der Waals surface area contributed by atoms with Crippen LogP contribution in [0, 0.1) is 0 Å². The van der Waals surface area contributed by atoms with Crippen LogP contribution in [0.3, 0.4) is 0 Å². The van der Waals surface area contributed by atoms with Gasteiger partial charge >= 0.3 is 0 Å². The van der Waals surface area contributed by atoms with Gasteiger partial charge in [-0.25, -0.2) is 0 Å². The molecule has 2 radical (unpaired) electrons. The van der Waals surface area contributed by atoms with Crippen LogP contribution in [0.1, 0.15) is 6.42 Å². The van der Waals surface area contributed by atoms with E-state index in [4.69, 9.17) is 12.7 Å². The molecule has 2 rings (SSSR count). The Kier molecular flexibility index (Phi) is 2.08. The molecule has 2 aliphatic heterocycles. The predicted octanol–water partition coefficient (Wildman–Crippen LogP) is -0.997. The number of hydrogen-bond acceptors (Lipinski definition) is 3. The average molecular weight is 180 g/mol. The van der Waals surface area contributed by atoms with Gasteiger partial charge in [0.05, 0.1) is 6.61 Å². The number of carbonyl (C=O) groups is 1. The maximum atomic E-state index is 11.7. The Morgan fingerprint density at radius 2 is 2.31 bits per heavy atom. The molecule has 0 aliphatic carbocycles.